The zero-order valence-electron chi connectivity index (χ0n) is 6.60. The van der Waals surface area contributed by atoms with Crippen molar-refractivity contribution in [2.75, 3.05) is 6.54 Å². The van der Waals surface area contributed by atoms with Crippen LogP contribution in [-0.2, 0) is 0 Å². The standard InChI is InChI=1S/C8H8BrF2NO/c9-5-2-1-4(6(13)3-12)7(10)8(5)11/h1-2,6,13H,3,12H2. The van der Waals surface area contributed by atoms with E-state index in [4.69, 9.17) is 5.73 Å². The van der Waals surface area contributed by atoms with Crippen LogP contribution < -0.4 is 5.73 Å². The normalized spacial score (nSPS) is 13.0. The van der Waals surface area contributed by atoms with Crippen LogP contribution in [0.5, 0.6) is 0 Å². The summed E-state index contributed by atoms with van der Waals surface area (Å²) < 4.78 is 26.0. The van der Waals surface area contributed by atoms with Crippen molar-refractivity contribution in [3.63, 3.8) is 0 Å². The highest BCUT2D eigenvalue weighted by Gasteiger charge is 2.16. The number of rotatable bonds is 2. The number of benzene rings is 1. The van der Waals surface area contributed by atoms with Gasteiger partial charge in [-0.3, -0.25) is 0 Å². The molecule has 0 aromatic heterocycles. The summed E-state index contributed by atoms with van der Waals surface area (Å²) in [6.07, 6.45) is -1.16. The third kappa shape index (κ3) is 2.04. The van der Waals surface area contributed by atoms with E-state index in [1.165, 1.54) is 12.1 Å². The van der Waals surface area contributed by atoms with Crippen LogP contribution in [0.3, 0.4) is 0 Å². The number of aliphatic hydroxyl groups is 1. The Hall–Kier alpha value is -0.520. The minimum absolute atomic E-state index is 0.0259. The number of nitrogens with two attached hydrogens (primary N) is 1. The first-order chi connectivity index (χ1) is 6.07. The Kier molecular flexibility index (Phi) is 3.35. The molecule has 0 aliphatic carbocycles. The summed E-state index contributed by atoms with van der Waals surface area (Å²) in [5.41, 5.74) is 4.99. The lowest BCUT2D eigenvalue weighted by molar-refractivity contribution is 0.180. The molecule has 0 spiro atoms. The van der Waals surface area contributed by atoms with Gasteiger partial charge in [0.2, 0.25) is 0 Å². The van der Waals surface area contributed by atoms with Crippen molar-refractivity contribution in [3.05, 3.63) is 33.8 Å². The Bertz CT molecular complexity index is 319. The summed E-state index contributed by atoms with van der Waals surface area (Å²) in [6, 6.07) is 2.62. The van der Waals surface area contributed by atoms with Gasteiger partial charge in [0.05, 0.1) is 10.6 Å². The molecular formula is C8H8BrF2NO. The lowest BCUT2D eigenvalue weighted by atomic mass is 10.1. The van der Waals surface area contributed by atoms with E-state index in [9.17, 15) is 13.9 Å². The van der Waals surface area contributed by atoms with E-state index in [1.54, 1.807) is 0 Å². The van der Waals surface area contributed by atoms with Crippen LogP contribution in [0.2, 0.25) is 0 Å². The van der Waals surface area contributed by atoms with Crippen LogP contribution in [-0.4, -0.2) is 11.7 Å². The average Bonchev–Trinajstić information content (AvgIpc) is 2.13. The van der Waals surface area contributed by atoms with E-state index in [-0.39, 0.29) is 16.6 Å². The third-order valence-electron chi connectivity index (χ3n) is 1.65. The molecule has 0 saturated heterocycles. The molecule has 3 N–H and O–H groups in total. The van der Waals surface area contributed by atoms with E-state index < -0.39 is 17.7 Å². The van der Waals surface area contributed by atoms with Gasteiger partial charge in [0.15, 0.2) is 11.6 Å². The lowest BCUT2D eigenvalue weighted by Crippen LogP contribution is -2.13. The molecule has 1 aromatic rings. The van der Waals surface area contributed by atoms with Gasteiger partial charge >= 0.3 is 0 Å². The van der Waals surface area contributed by atoms with E-state index in [0.717, 1.165) is 0 Å². The first-order valence-corrected chi connectivity index (χ1v) is 4.38. The molecule has 13 heavy (non-hydrogen) atoms. The number of hydrogen-bond acceptors (Lipinski definition) is 2. The highest BCUT2D eigenvalue weighted by Crippen LogP contribution is 2.24. The third-order valence-corrected chi connectivity index (χ3v) is 2.26. The fourth-order valence-electron chi connectivity index (χ4n) is 0.925. The molecule has 0 saturated carbocycles. The Labute approximate surface area is 82.5 Å². The summed E-state index contributed by atoms with van der Waals surface area (Å²) in [6.45, 7) is -0.141. The molecule has 0 fully saturated rings. The van der Waals surface area contributed by atoms with Crippen LogP contribution in [0.4, 0.5) is 8.78 Å². The first kappa shape index (κ1) is 10.6. The van der Waals surface area contributed by atoms with Crippen LogP contribution in [0.25, 0.3) is 0 Å². The molecule has 0 aliphatic rings. The second kappa shape index (κ2) is 4.13. The van der Waals surface area contributed by atoms with E-state index in [1.807, 2.05) is 0 Å². The molecular weight excluding hydrogens is 244 g/mol. The van der Waals surface area contributed by atoms with E-state index >= 15 is 0 Å². The highest BCUT2D eigenvalue weighted by molar-refractivity contribution is 9.10. The second-order valence-corrected chi connectivity index (χ2v) is 3.37. The SMILES string of the molecule is NCC(O)c1ccc(Br)c(F)c1F. The van der Waals surface area contributed by atoms with Crippen LogP contribution in [0, 0.1) is 11.6 Å². The van der Waals surface area contributed by atoms with Gasteiger partial charge in [0.1, 0.15) is 0 Å². The molecule has 72 valence electrons. The maximum atomic E-state index is 13.1. The molecule has 5 heteroatoms. The topological polar surface area (TPSA) is 46.2 Å². The van der Waals surface area contributed by atoms with Crippen LogP contribution in [0.15, 0.2) is 16.6 Å². The van der Waals surface area contributed by atoms with Gasteiger partial charge in [0.25, 0.3) is 0 Å². The summed E-state index contributed by atoms with van der Waals surface area (Å²) in [5.74, 6) is -2.07. The molecule has 0 amide bonds. The summed E-state index contributed by atoms with van der Waals surface area (Å²) in [7, 11) is 0. The van der Waals surface area contributed by atoms with Gasteiger partial charge in [0, 0.05) is 12.1 Å². The zero-order chi connectivity index (χ0) is 10.0. The molecule has 1 unspecified atom stereocenters. The molecule has 1 aromatic carbocycles. The summed E-state index contributed by atoms with van der Waals surface area (Å²) in [5, 5.41) is 9.18. The predicted octanol–water partition coefficient (Wildman–Crippen LogP) is 1.72. The van der Waals surface area contributed by atoms with Crippen molar-refractivity contribution in [1.29, 1.82) is 0 Å². The van der Waals surface area contributed by atoms with Crippen molar-refractivity contribution in [2.24, 2.45) is 5.73 Å². The van der Waals surface area contributed by atoms with Crippen molar-refractivity contribution >= 4 is 15.9 Å². The molecule has 0 radical (unpaired) electrons. The average molecular weight is 252 g/mol. The molecule has 2 nitrogen and oxygen atoms in total. The Morgan fingerprint density at radius 1 is 1.38 bits per heavy atom. The van der Waals surface area contributed by atoms with Crippen molar-refractivity contribution in [1.82, 2.24) is 0 Å². The Balaban J connectivity index is 3.18. The number of halogens is 3. The fraction of sp³-hybridized carbons (Fsp3) is 0.250. The first-order valence-electron chi connectivity index (χ1n) is 3.59. The molecule has 1 rings (SSSR count). The summed E-state index contributed by atoms with van der Waals surface area (Å²) in [4.78, 5) is 0. The smallest absolute Gasteiger partial charge is 0.173 e. The largest absolute Gasteiger partial charge is 0.387 e. The van der Waals surface area contributed by atoms with Crippen LogP contribution >= 0.6 is 15.9 Å². The van der Waals surface area contributed by atoms with Gasteiger partial charge in [-0.2, -0.15) is 0 Å². The number of hydrogen-bond donors (Lipinski definition) is 2. The maximum Gasteiger partial charge on any atom is 0.173 e. The second-order valence-electron chi connectivity index (χ2n) is 2.52. The van der Waals surface area contributed by atoms with Gasteiger partial charge < -0.3 is 10.8 Å². The molecule has 0 bridgehead atoms. The Morgan fingerprint density at radius 2 is 2.00 bits per heavy atom. The summed E-state index contributed by atoms with van der Waals surface area (Å²) >= 11 is 2.82. The van der Waals surface area contributed by atoms with Gasteiger partial charge in [-0.15, -0.1) is 0 Å². The number of aliphatic hydroxyl groups excluding tert-OH is 1. The van der Waals surface area contributed by atoms with E-state index in [0.29, 0.717) is 0 Å². The highest BCUT2D eigenvalue weighted by atomic mass is 79.9. The lowest BCUT2D eigenvalue weighted by Gasteiger charge is -2.09. The van der Waals surface area contributed by atoms with Gasteiger partial charge in [-0.1, -0.05) is 6.07 Å². The maximum absolute atomic E-state index is 13.1. The molecule has 1 atom stereocenters. The minimum atomic E-state index is -1.16. The van der Waals surface area contributed by atoms with E-state index in [2.05, 4.69) is 15.9 Å². The van der Waals surface area contributed by atoms with Crippen molar-refractivity contribution in [2.45, 2.75) is 6.10 Å². The quantitative estimate of drug-likeness (QED) is 0.787. The van der Waals surface area contributed by atoms with Crippen molar-refractivity contribution < 1.29 is 13.9 Å². The van der Waals surface area contributed by atoms with Crippen LogP contribution in [0.1, 0.15) is 11.7 Å². The van der Waals surface area contributed by atoms with Gasteiger partial charge in [-0.25, -0.2) is 8.78 Å². The van der Waals surface area contributed by atoms with Crippen molar-refractivity contribution in [3.8, 4) is 0 Å². The molecule has 0 aliphatic heterocycles. The molecule has 0 heterocycles. The van der Waals surface area contributed by atoms with Gasteiger partial charge in [-0.05, 0) is 22.0 Å². The fourth-order valence-corrected chi connectivity index (χ4v) is 1.23. The zero-order valence-corrected chi connectivity index (χ0v) is 8.18. The Morgan fingerprint density at radius 3 is 2.54 bits per heavy atom. The predicted molar refractivity (Wildman–Crippen MR) is 48.1 cm³/mol. The monoisotopic (exact) mass is 251 g/mol. The minimum Gasteiger partial charge on any atom is -0.387 e.